The van der Waals surface area contributed by atoms with Crippen LogP contribution in [-0.2, 0) is 10.3 Å². The summed E-state index contributed by atoms with van der Waals surface area (Å²) in [6, 6.07) is 1.83. The number of carbonyl (C=O) groups is 1. The number of rotatable bonds is 4. The third kappa shape index (κ3) is 4.29. The summed E-state index contributed by atoms with van der Waals surface area (Å²) in [6.45, 7) is 10.9. The molecule has 0 bridgehead atoms. The number of carbonyl (C=O) groups excluding carboxylic acids is 1. The molecule has 0 unspecified atom stereocenters. The number of hydrogen-bond acceptors (Lipinski definition) is 6. The Morgan fingerprint density at radius 1 is 1.25 bits per heavy atom. The van der Waals surface area contributed by atoms with Crippen LogP contribution in [0, 0.1) is 0 Å². The Hall–Kier alpha value is -3.08. The summed E-state index contributed by atoms with van der Waals surface area (Å²) < 4.78 is 35.7. The Balaban J connectivity index is 1.64. The molecule has 1 aliphatic heterocycles. The van der Waals surface area contributed by atoms with Gasteiger partial charge in [-0.3, -0.25) is 9.48 Å². The lowest BCUT2D eigenvalue weighted by molar-refractivity contribution is -0.00545. The van der Waals surface area contributed by atoms with Gasteiger partial charge in [-0.1, -0.05) is 0 Å². The second-order valence-electron chi connectivity index (χ2n) is 9.07. The van der Waals surface area contributed by atoms with E-state index in [1.807, 2.05) is 40.7 Å². The summed E-state index contributed by atoms with van der Waals surface area (Å²) in [5.41, 5.74) is -0.501. The third-order valence-electron chi connectivity index (χ3n) is 5.23. The summed E-state index contributed by atoms with van der Waals surface area (Å²) >= 11 is 0. The smallest absolute Gasteiger partial charge is 0.284 e. The van der Waals surface area contributed by atoms with Gasteiger partial charge < -0.3 is 15.0 Å². The molecule has 1 fully saturated rings. The molecule has 9 nitrogen and oxygen atoms in total. The highest BCUT2D eigenvalue weighted by Crippen LogP contribution is 2.29. The van der Waals surface area contributed by atoms with Crippen LogP contribution < -0.4 is 10.2 Å². The molecule has 172 valence electrons. The van der Waals surface area contributed by atoms with Crippen molar-refractivity contribution in [3.8, 4) is 0 Å². The minimum absolute atomic E-state index is 0.0359. The van der Waals surface area contributed by atoms with Gasteiger partial charge in [-0.05, 0) is 40.7 Å². The van der Waals surface area contributed by atoms with Crippen molar-refractivity contribution in [1.82, 2.24) is 24.4 Å². The Labute approximate surface area is 184 Å². The average molecular weight is 447 g/mol. The fourth-order valence-corrected chi connectivity index (χ4v) is 3.74. The van der Waals surface area contributed by atoms with Crippen molar-refractivity contribution < 1.29 is 18.3 Å². The van der Waals surface area contributed by atoms with Gasteiger partial charge in [0.25, 0.3) is 12.3 Å². The maximum absolute atomic E-state index is 13.5. The molecule has 11 heteroatoms. The zero-order valence-electron chi connectivity index (χ0n) is 18.7. The van der Waals surface area contributed by atoms with Gasteiger partial charge in [0.1, 0.15) is 11.4 Å². The number of morpholine rings is 1. The standard InChI is InChI=1S/C21H27F2N7O2/c1-12-9-28(10-13(2)32-12)16-6-7-29-19(26-16)14(8-24-29)20(31)25-15-11-30(21(3,4)5)27-17(15)18(22)23/h6-8,11-13,18H,9-10H2,1-5H3,(H,25,31)/t12-,13-/m0/s1. The monoisotopic (exact) mass is 447 g/mol. The van der Waals surface area contributed by atoms with Crippen LogP contribution in [0.4, 0.5) is 20.3 Å². The fraction of sp³-hybridized carbons (Fsp3) is 0.524. The van der Waals surface area contributed by atoms with Gasteiger partial charge in [-0.25, -0.2) is 18.3 Å². The molecule has 0 saturated carbocycles. The van der Waals surface area contributed by atoms with E-state index in [4.69, 9.17) is 4.74 Å². The van der Waals surface area contributed by atoms with Gasteiger partial charge in [-0.15, -0.1) is 0 Å². The van der Waals surface area contributed by atoms with Gasteiger partial charge in [0.05, 0.1) is 29.6 Å². The minimum Gasteiger partial charge on any atom is -0.372 e. The highest BCUT2D eigenvalue weighted by atomic mass is 19.3. The summed E-state index contributed by atoms with van der Waals surface area (Å²) in [5.74, 6) is 0.117. The zero-order chi connectivity index (χ0) is 23.2. The number of fused-ring (bicyclic) bond motifs is 1. The summed E-state index contributed by atoms with van der Waals surface area (Å²) in [4.78, 5) is 19.7. The molecule has 4 rings (SSSR count). The Morgan fingerprint density at radius 3 is 2.56 bits per heavy atom. The van der Waals surface area contributed by atoms with Crippen molar-refractivity contribution in [3.05, 3.63) is 35.9 Å². The predicted molar refractivity (Wildman–Crippen MR) is 115 cm³/mol. The van der Waals surface area contributed by atoms with Crippen molar-refractivity contribution in [1.29, 1.82) is 0 Å². The molecular weight excluding hydrogens is 420 g/mol. The van der Waals surface area contributed by atoms with Crippen LogP contribution in [0.2, 0.25) is 0 Å². The van der Waals surface area contributed by atoms with E-state index in [0.29, 0.717) is 24.6 Å². The van der Waals surface area contributed by atoms with Crippen molar-refractivity contribution in [2.24, 2.45) is 0 Å². The van der Waals surface area contributed by atoms with Crippen molar-refractivity contribution >= 4 is 23.1 Å². The maximum Gasteiger partial charge on any atom is 0.284 e. The number of nitrogens with zero attached hydrogens (tertiary/aromatic N) is 6. The lowest BCUT2D eigenvalue weighted by Crippen LogP contribution is -2.45. The van der Waals surface area contributed by atoms with Crippen molar-refractivity contribution in [2.75, 3.05) is 23.3 Å². The first-order chi connectivity index (χ1) is 15.0. The largest absolute Gasteiger partial charge is 0.372 e. The van der Waals surface area contributed by atoms with Crippen LogP contribution in [0.15, 0.2) is 24.7 Å². The first-order valence-electron chi connectivity index (χ1n) is 10.5. The molecule has 1 saturated heterocycles. The van der Waals surface area contributed by atoms with Crippen molar-refractivity contribution in [3.63, 3.8) is 0 Å². The highest BCUT2D eigenvalue weighted by molar-refractivity contribution is 6.08. The van der Waals surface area contributed by atoms with Crippen LogP contribution in [-0.4, -0.2) is 55.6 Å². The lowest BCUT2D eigenvalue weighted by atomic mass is 10.1. The van der Waals surface area contributed by atoms with E-state index in [2.05, 4.69) is 25.4 Å². The van der Waals surface area contributed by atoms with E-state index in [-0.39, 0.29) is 23.5 Å². The predicted octanol–water partition coefficient (Wildman–Crippen LogP) is 3.48. The molecule has 0 radical (unpaired) electrons. The van der Waals surface area contributed by atoms with Crippen LogP contribution in [0.25, 0.3) is 5.65 Å². The molecular formula is C21H27F2N7O2. The number of halogens is 2. The summed E-state index contributed by atoms with van der Waals surface area (Å²) in [5, 5.41) is 10.7. The van der Waals surface area contributed by atoms with Gasteiger partial charge in [-0.2, -0.15) is 10.2 Å². The Kier molecular flexibility index (Phi) is 5.61. The van der Waals surface area contributed by atoms with E-state index in [1.165, 1.54) is 21.6 Å². The molecule has 32 heavy (non-hydrogen) atoms. The van der Waals surface area contributed by atoms with Crippen LogP contribution in [0.1, 0.15) is 57.1 Å². The number of anilines is 2. The second-order valence-corrected chi connectivity index (χ2v) is 9.07. The average Bonchev–Trinajstić information content (AvgIpc) is 3.30. The molecule has 1 N–H and O–H groups in total. The van der Waals surface area contributed by atoms with Crippen molar-refractivity contribution in [2.45, 2.75) is 58.8 Å². The number of ether oxygens (including phenoxy) is 1. The van der Waals surface area contributed by atoms with E-state index < -0.39 is 23.6 Å². The third-order valence-corrected chi connectivity index (χ3v) is 5.23. The molecule has 1 aliphatic rings. The molecule has 3 aromatic heterocycles. The van der Waals surface area contributed by atoms with Gasteiger partial charge in [0.15, 0.2) is 11.3 Å². The van der Waals surface area contributed by atoms with Crippen LogP contribution in [0.3, 0.4) is 0 Å². The molecule has 0 aromatic carbocycles. The minimum atomic E-state index is -2.83. The van der Waals surface area contributed by atoms with E-state index >= 15 is 0 Å². The first-order valence-corrected chi connectivity index (χ1v) is 10.5. The molecule has 0 spiro atoms. The van der Waals surface area contributed by atoms with Gasteiger partial charge >= 0.3 is 0 Å². The Morgan fingerprint density at radius 2 is 1.94 bits per heavy atom. The summed E-state index contributed by atoms with van der Waals surface area (Å²) in [6.07, 6.45) is 1.80. The maximum atomic E-state index is 13.5. The highest BCUT2D eigenvalue weighted by Gasteiger charge is 2.27. The zero-order valence-corrected chi connectivity index (χ0v) is 18.7. The Bertz CT molecular complexity index is 1130. The SMILES string of the molecule is C[C@H]1CN(c2ccn3ncc(C(=O)Nc4cn(C(C)(C)C)nc4C(F)F)c3n2)C[C@H](C)O1. The normalized spacial score (nSPS) is 19.7. The van der Waals surface area contributed by atoms with Gasteiger partial charge in [0, 0.05) is 25.5 Å². The van der Waals surface area contributed by atoms with Gasteiger partial charge in [0.2, 0.25) is 0 Å². The molecule has 0 aliphatic carbocycles. The number of nitrogens with one attached hydrogen (secondary N) is 1. The molecule has 3 aromatic rings. The van der Waals surface area contributed by atoms with Crippen LogP contribution >= 0.6 is 0 Å². The second kappa shape index (κ2) is 8.12. The topological polar surface area (TPSA) is 89.6 Å². The van der Waals surface area contributed by atoms with E-state index in [9.17, 15) is 13.6 Å². The first kappa shape index (κ1) is 22.1. The summed E-state index contributed by atoms with van der Waals surface area (Å²) in [7, 11) is 0. The van der Waals surface area contributed by atoms with E-state index in [1.54, 1.807) is 6.20 Å². The molecule has 2 atom stereocenters. The number of hydrogen-bond donors (Lipinski definition) is 1. The quantitative estimate of drug-likeness (QED) is 0.659. The fourth-order valence-electron chi connectivity index (χ4n) is 3.74. The lowest BCUT2D eigenvalue weighted by Gasteiger charge is -2.36. The number of aromatic nitrogens is 5. The van der Waals surface area contributed by atoms with E-state index in [0.717, 1.165) is 0 Å². The number of alkyl halides is 2. The van der Waals surface area contributed by atoms with Crippen LogP contribution in [0.5, 0.6) is 0 Å². The molecule has 1 amide bonds. The molecule has 4 heterocycles. The number of amides is 1.